The minimum absolute atomic E-state index is 0.0625. The number of aliphatic hydroxyl groups is 1. The van der Waals surface area contributed by atoms with Gasteiger partial charge in [0, 0.05) is 19.0 Å². The van der Waals surface area contributed by atoms with Crippen molar-refractivity contribution in [1.82, 2.24) is 4.90 Å². The Hall–Kier alpha value is -0.570. The molecule has 58 valence electrons. The van der Waals surface area contributed by atoms with Crippen molar-refractivity contribution in [3.8, 4) is 0 Å². The first-order valence-corrected chi connectivity index (χ1v) is 3.58. The summed E-state index contributed by atoms with van der Waals surface area (Å²) in [6.07, 6.45) is -0.275. The van der Waals surface area contributed by atoms with Crippen molar-refractivity contribution < 1.29 is 9.90 Å². The number of nitrogens with zero attached hydrogens (tertiary/aromatic N) is 1. The zero-order valence-electron chi connectivity index (χ0n) is 6.37. The van der Waals surface area contributed by atoms with Gasteiger partial charge in [0.1, 0.15) is 0 Å². The van der Waals surface area contributed by atoms with Crippen molar-refractivity contribution in [3.05, 3.63) is 0 Å². The van der Waals surface area contributed by atoms with Gasteiger partial charge in [-0.25, -0.2) is 0 Å². The molecule has 1 saturated heterocycles. The Morgan fingerprint density at radius 2 is 2.10 bits per heavy atom. The van der Waals surface area contributed by atoms with Crippen LogP contribution in [0, 0.1) is 5.92 Å². The predicted molar refractivity (Wildman–Crippen MR) is 37.4 cm³/mol. The summed E-state index contributed by atoms with van der Waals surface area (Å²) in [4.78, 5) is 12.8. The Balaban J connectivity index is 2.31. The van der Waals surface area contributed by atoms with E-state index < -0.39 is 0 Å². The van der Waals surface area contributed by atoms with Gasteiger partial charge < -0.3 is 10.0 Å². The number of amides is 1. The third-order valence-corrected chi connectivity index (χ3v) is 1.67. The van der Waals surface area contributed by atoms with Gasteiger partial charge in [0.05, 0.1) is 6.10 Å². The van der Waals surface area contributed by atoms with E-state index in [4.69, 9.17) is 5.11 Å². The van der Waals surface area contributed by atoms with Crippen LogP contribution in [0.1, 0.15) is 13.8 Å². The average Bonchev–Trinajstić information content (AvgIpc) is 1.79. The van der Waals surface area contributed by atoms with E-state index in [1.165, 1.54) is 0 Å². The molecule has 0 radical (unpaired) electrons. The van der Waals surface area contributed by atoms with Crippen LogP contribution in [-0.4, -0.2) is 35.1 Å². The topological polar surface area (TPSA) is 40.5 Å². The fourth-order valence-corrected chi connectivity index (χ4v) is 1.00. The summed E-state index contributed by atoms with van der Waals surface area (Å²) in [6, 6.07) is 0. The largest absolute Gasteiger partial charge is 0.389 e. The quantitative estimate of drug-likeness (QED) is 0.554. The molecule has 0 atom stereocenters. The number of rotatable bonds is 1. The summed E-state index contributed by atoms with van der Waals surface area (Å²) in [7, 11) is 0. The van der Waals surface area contributed by atoms with Crippen LogP contribution in [0.5, 0.6) is 0 Å². The minimum atomic E-state index is -0.275. The molecule has 0 aromatic heterocycles. The zero-order valence-corrected chi connectivity index (χ0v) is 6.37. The molecule has 1 fully saturated rings. The molecular weight excluding hydrogens is 130 g/mol. The van der Waals surface area contributed by atoms with Crippen molar-refractivity contribution in [3.63, 3.8) is 0 Å². The maximum atomic E-state index is 11.1. The van der Waals surface area contributed by atoms with E-state index in [0.29, 0.717) is 13.1 Å². The summed E-state index contributed by atoms with van der Waals surface area (Å²) < 4.78 is 0. The second-order valence-electron chi connectivity index (χ2n) is 3.05. The van der Waals surface area contributed by atoms with Crippen LogP contribution in [0.25, 0.3) is 0 Å². The van der Waals surface area contributed by atoms with Crippen molar-refractivity contribution in [1.29, 1.82) is 0 Å². The van der Waals surface area contributed by atoms with Gasteiger partial charge in [0.15, 0.2) is 0 Å². The molecule has 10 heavy (non-hydrogen) atoms. The highest BCUT2D eigenvalue weighted by Gasteiger charge is 2.29. The lowest BCUT2D eigenvalue weighted by Crippen LogP contribution is -2.54. The fraction of sp³-hybridized carbons (Fsp3) is 0.857. The molecule has 0 saturated carbocycles. The van der Waals surface area contributed by atoms with Gasteiger partial charge in [0.25, 0.3) is 0 Å². The lowest BCUT2D eigenvalue weighted by molar-refractivity contribution is -0.144. The summed E-state index contributed by atoms with van der Waals surface area (Å²) in [5.74, 6) is 0.206. The normalized spacial score (nSPS) is 19.4. The number of β-amino-alcohol motifs (C(OH)–C–C–N with tert-alkyl or cyclic N) is 1. The first kappa shape index (κ1) is 7.54. The van der Waals surface area contributed by atoms with Crippen LogP contribution in [0.3, 0.4) is 0 Å². The Labute approximate surface area is 60.6 Å². The van der Waals surface area contributed by atoms with E-state index in [1.54, 1.807) is 4.90 Å². The molecule has 1 rings (SSSR count). The third kappa shape index (κ3) is 1.29. The van der Waals surface area contributed by atoms with E-state index in [0.717, 1.165) is 0 Å². The molecule has 0 bridgehead atoms. The molecule has 0 aromatic rings. The van der Waals surface area contributed by atoms with E-state index >= 15 is 0 Å². The van der Waals surface area contributed by atoms with Crippen molar-refractivity contribution in [2.45, 2.75) is 20.0 Å². The van der Waals surface area contributed by atoms with Gasteiger partial charge in [0.2, 0.25) is 5.91 Å². The molecule has 0 spiro atoms. The second-order valence-corrected chi connectivity index (χ2v) is 3.05. The van der Waals surface area contributed by atoms with E-state index in [9.17, 15) is 4.79 Å². The first-order chi connectivity index (χ1) is 4.61. The van der Waals surface area contributed by atoms with Gasteiger partial charge in [-0.3, -0.25) is 4.79 Å². The Morgan fingerprint density at radius 3 is 2.40 bits per heavy atom. The van der Waals surface area contributed by atoms with E-state index in [2.05, 4.69) is 0 Å². The number of likely N-dealkylation sites (tertiary alicyclic amines) is 1. The fourth-order valence-electron chi connectivity index (χ4n) is 1.00. The van der Waals surface area contributed by atoms with Gasteiger partial charge in [-0.1, -0.05) is 13.8 Å². The van der Waals surface area contributed by atoms with Gasteiger partial charge in [-0.15, -0.1) is 0 Å². The molecule has 1 aliphatic heterocycles. The molecule has 0 aliphatic carbocycles. The van der Waals surface area contributed by atoms with Crippen molar-refractivity contribution >= 4 is 5.91 Å². The van der Waals surface area contributed by atoms with Crippen LogP contribution >= 0.6 is 0 Å². The van der Waals surface area contributed by atoms with Crippen LogP contribution < -0.4 is 0 Å². The zero-order chi connectivity index (χ0) is 7.72. The Kier molecular flexibility index (Phi) is 1.94. The first-order valence-electron chi connectivity index (χ1n) is 3.58. The SMILES string of the molecule is CC(C)C(=O)N1CC(O)C1. The molecule has 0 unspecified atom stereocenters. The molecule has 1 aliphatic rings. The Bertz CT molecular complexity index is 139. The number of carbonyl (C=O) groups excluding carboxylic acids is 1. The van der Waals surface area contributed by atoms with Gasteiger partial charge >= 0.3 is 0 Å². The highest BCUT2D eigenvalue weighted by atomic mass is 16.3. The molecule has 1 heterocycles. The van der Waals surface area contributed by atoms with Crippen LogP contribution in [0.2, 0.25) is 0 Å². The molecular formula is C7H13NO2. The number of carbonyl (C=O) groups is 1. The smallest absolute Gasteiger partial charge is 0.225 e. The second kappa shape index (κ2) is 2.58. The summed E-state index contributed by atoms with van der Waals surface area (Å²) >= 11 is 0. The standard InChI is InChI=1S/C7H13NO2/c1-5(2)7(10)8-3-6(9)4-8/h5-6,9H,3-4H2,1-2H3. The third-order valence-electron chi connectivity index (χ3n) is 1.67. The Morgan fingerprint density at radius 1 is 1.60 bits per heavy atom. The van der Waals surface area contributed by atoms with Gasteiger partial charge in [-0.05, 0) is 0 Å². The van der Waals surface area contributed by atoms with Gasteiger partial charge in [-0.2, -0.15) is 0 Å². The lowest BCUT2D eigenvalue weighted by atomic mass is 10.1. The van der Waals surface area contributed by atoms with E-state index in [1.807, 2.05) is 13.8 Å². The highest BCUT2D eigenvalue weighted by Crippen LogP contribution is 2.11. The summed E-state index contributed by atoms with van der Waals surface area (Å²) in [6.45, 7) is 4.79. The summed E-state index contributed by atoms with van der Waals surface area (Å²) in [5, 5.41) is 8.86. The molecule has 3 heteroatoms. The summed E-state index contributed by atoms with van der Waals surface area (Å²) in [5.41, 5.74) is 0. The molecule has 1 amide bonds. The average molecular weight is 143 g/mol. The number of aliphatic hydroxyl groups excluding tert-OH is 1. The van der Waals surface area contributed by atoms with E-state index in [-0.39, 0.29) is 17.9 Å². The van der Waals surface area contributed by atoms with Crippen LogP contribution in [-0.2, 0) is 4.79 Å². The highest BCUT2D eigenvalue weighted by molar-refractivity contribution is 5.78. The van der Waals surface area contributed by atoms with Crippen molar-refractivity contribution in [2.24, 2.45) is 5.92 Å². The maximum Gasteiger partial charge on any atom is 0.225 e. The molecule has 3 nitrogen and oxygen atoms in total. The monoisotopic (exact) mass is 143 g/mol. The number of hydrogen-bond acceptors (Lipinski definition) is 2. The van der Waals surface area contributed by atoms with Crippen LogP contribution in [0.15, 0.2) is 0 Å². The predicted octanol–water partition coefficient (Wildman–Crippen LogP) is -0.155. The molecule has 1 N–H and O–H groups in total. The lowest BCUT2D eigenvalue weighted by Gasteiger charge is -2.36. The minimum Gasteiger partial charge on any atom is -0.389 e. The van der Waals surface area contributed by atoms with Crippen molar-refractivity contribution in [2.75, 3.05) is 13.1 Å². The number of hydrogen-bond donors (Lipinski definition) is 1. The maximum absolute atomic E-state index is 11.1. The molecule has 0 aromatic carbocycles. The van der Waals surface area contributed by atoms with Crippen LogP contribution in [0.4, 0.5) is 0 Å².